The summed E-state index contributed by atoms with van der Waals surface area (Å²) in [5, 5.41) is 5.88. The zero-order valence-electron chi connectivity index (χ0n) is 18.2. The molecule has 0 saturated carbocycles. The van der Waals surface area contributed by atoms with Gasteiger partial charge in [-0.3, -0.25) is 9.59 Å². The van der Waals surface area contributed by atoms with Crippen LogP contribution in [0.1, 0.15) is 35.2 Å². The summed E-state index contributed by atoms with van der Waals surface area (Å²) >= 11 is 0. The lowest BCUT2D eigenvalue weighted by Gasteiger charge is -2.29. The Labute approximate surface area is 189 Å². The van der Waals surface area contributed by atoms with Crippen LogP contribution in [0.25, 0.3) is 0 Å². The molecular weight excluding hydrogens is 398 g/mol. The molecule has 3 aromatic carbocycles. The first-order valence-electron chi connectivity index (χ1n) is 11.2. The standard InChI is InChI=1S/C27H29N3O2/c31-26(22-12-6-2-7-13-22)29-25(20-21-10-4-1-5-11-21)27(32)28-23-14-16-24(17-15-23)30-18-8-3-9-19-30/h1-2,4-7,10-17,25H,3,8-9,18-20H2,(H,28,32)(H,29,31)/t25-/m1/s1. The minimum Gasteiger partial charge on any atom is -0.372 e. The smallest absolute Gasteiger partial charge is 0.251 e. The van der Waals surface area contributed by atoms with E-state index in [0.29, 0.717) is 12.0 Å². The average molecular weight is 428 g/mol. The monoisotopic (exact) mass is 427 g/mol. The number of carbonyl (C=O) groups is 2. The van der Waals surface area contributed by atoms with Crippen LogP contribution in [0.2, 0.25) is 0 Å². The van der Waals surface area contributed by atoms with Gasteiger partial charge in [-0.2, -0.15) is 0 Å². The molecule has 5 heteroatoms. The van der Waals surface area contributed by atoms with Gasteiger partial charge in [-0.15, -0.1) is 0 Å². The first-order valence-corrected chi connectivity index (χ1v) is 11.2. The van der Waals surface area contributed by atoms with Crippen molar-refractivity contribution in [2.45, 2.75) is 31.7 Å². The van der Waals surface area contributed by atoms with Crippen molar-refractivity contribution in [1.82, 2.24) is 5.32 Å². The number of carbonyl (C=O) groups excluding carboxylic acids is 2. The summed E-state index contributed by atoms with van der Waals surface area (Å²) in [5.74, 6) is -0.494. The quantitative estimate of drug-likeness (QED) is 0.577. The van der Waals surface area contributed by atoms with Crippen LogP contribution in [0.3, 0.4) is 0 Å². The average Bonchev–Trinajstić information content (AvgIpc) is 2.86. The van der Waals surface area contributed by atoms with Crippen molar-refractivity contribution in [3.8, 4) is 0 Å². The van der Waals surface area contributed by atoms with Gasteiger partial charge in [0, 0.05) is 36.4 Å². The summed E-state index contributed by atoms with van der Waals surface area (Å²) in [4.78, 5) is 28.2. The van der Waals surface area contributed by atoms with Crippen molar-refractivity contribution in [1.29, 1.82) is 0 Å². The molecule has 2 N–H and O–H groups in total. The Morgan fingerprint density at radius 2 is 1.41 bits per heavy atom. The van der Waals surface area contributed by atoms with E-state index in [-0.39, 0.29) is 11.8 Å². The molecule has 2 amide bonds. The zero-order chi connectivity index (χ0) is 22.2. The summed E-state index contributed by atoms with van der Waals surface area (Å²) in [6.45, 7) is 2.16. The highest BCUT2D eigenvalue weighted by Gasteiger charge is 2.22. The number of rotatable bonds is 7. The minimum absolute atomic E-state index is 0.233. The molecule has 0 bridgehead atoms. The summed E-state index contributed by atoms with van der Waals surface area (Å²) < 4.78 is 0. The third-order valence-corrected chi connectivity index (χ3v) is 5.80. The molecule has 1 fully saturated rings. The lowest BCUT2D eigenvalue weighted by atomic mass is 10.0. The number of hydrogen-bond acceptors (Lipinski definition) is 3. The van der Waals surface area contributed by atoms with E-state index in [1.807, 2.05) is 60.7 Å². The van der Waals surface area contributed by atoms with E-state index in [1.165, 1.54) is 24.9 Å². The third-order valence-electron chi connectivity index (χ3n) is 5.80. The summed E-state index contributed by atoms with van der Waals surface area (Å²) in [6.07, 6.45) is 4.15. The van der Waals surface area contributed by atoms with Crippen LogP contribution in [0.4, 0.5) is 11.4 Å². The van der Waals surface area contributed by atoms with Gasteiger partial charge in [0.25, 0.3) is 5.91 Å². The predicted octanol–water partition coefficient (Wildman–Crippen LogP) is 4.66. The molecule has 1 aliphatic rings. The summed E-state index contributed by atoms with van der Waals surface area (Å²) in [6, 6.07) is 26.0. The Morgan fingerprint density at radius 3 is 2.06 bits per heavy atom. The Morgan fingerprint density at radius 1 is 0.781 bits per heavy atom. The third kappa shape index (κ3) is 5.76. The Kier molecular flexibility index (Phi) is 7.18. The zero-order valence-corrected chi connectivity index (χ0v) is 18.2. The molecule has 1 aliphatic heterocycles. The van der Waals surface area contributed by atoms with Crippen LogP contribution >= 0.6 is 0 Å². The van der Waals surface area contributed by atoms with Gasteiger partial charge < -0.3 is 15.5 Å². The number of benzene rings is 3. The highest BCUT2D eigenvalue weighted by atomic mass is 16.2. The topological polar surface area (TPSA) is 61.4 Å². The SMILES string of the molecule is O=C(N[C@H](Cc1ccccc1)C(=O)Nc1ccc(N2CCCCC2)cc1)c1ccccc1. The van der Waals surface area contributed by atoms with Crippen LogP contribution in [0, 0.1) is 0 Å². The molecule has 0 aliphatic carbocycles. The Hall–Kier alpha value is -3.60. The molecule has 5 nitrogen and oxygen atoms in total. The maximum absolute atomic E-state index is 13.1. The lowest BCUT2D eigenvalue weighted by molar-refractivity contribution is -0.118. The molecular formula is C27H29N3O2. The predicted molar refractivity (Wildman–Crippen MR) is 129 cm³/mol. The lowest BCUT2D eigenvalue weighted by Crippen LogP contribution is -2.45. The van der Waals surface area contributed by atoms with Gasteiger partial charge in [-0.05, 0) is 61.2 Å². The van der Waals surface area contributed by atoms with Gasteiger partial charge in [-0.25, -0.2) is 0 Å². The minimum atomic E-state index is -0.688. The van der Waals surface area contributed by atoms with E-state index in [0.717, 1.165) is 24.3 Å². The Bertz CT molecular complexity index is 1010. The van der Waals surface area contributed by atoms with Gasteiger partial charge in [0.05, 0.1) is 0 Å². The number of hydrogen-bond donors (Lipinski definition) is 2. The van der Waals surface area contributed by atoms with Gasteiger partial charge >= 0.3 is 0 Å². The molecule has 4 rings (SSSR count). The van der Waals surface area contributed by atoms with E-state index >= 15 is 0 Å². The van der Waals surface area contributed by atoms with Crippen molar-refractivity contribution in [3.63, 3.8) is 0 Å². The largest absolute Gasteiger partial charge is 0.372 e. The Balaban J connectivity index is 1.45. The molecule has 3 aromatic rings. The van der Waals surface area contributed by atoms with Gasteiger partial charge in [0.2, 0.25) is 5.91 Å². The molecule has 0 radical (unpaired) electrons. The number of piperidine rings is 1. The van der Waals surface area contributed by atoms with Crippen molar-refractivity contribution < 1.29 is 9.59 Å². The summed E-state index contributed by atoms with van der Waals surface area (Å²) in [5.41, 5.74) is 3.43. The maximum Gasteiger partial charge on any atom is 0.251 e. The van der Waals surface area contributed by atoms with E-state index in [4.69, 9.17) is 0 Å². The van der Waals surface area contributed by atoms with E-state index in [1.54, 1.807) is 12.1 Å². The molecule has 0 unspecified atom stereocenters. The van der Waals surface area contributed by atoms with Crippen LogP contribution in [-0.4, -0.2) is 30.9 Å². The van der Waals surface area contributed by atoms with Crippen LogP contribution in [-0.2, 0) is 11.2 Å². The highest BCUT2D eigenvalue weighted by molar-refractivity contribution is 6.01. The van der Waals surface area contributed by atoms with Crippen LogP contribution in [0.15, 0.2) is 84.9 Å². The molecule has 1 atom stereocenters. The number of anilines is 2. The van der Waals surface area contributed by atoms with Crippen LogP contribution in [0.5, 0.6) is 0 Å². The van der Waals surface area contributed by atoms with Crippen molar-refractivity contribution in [3.05, 3.63) is 96.1 Å². The second-order valence-corrected chi connectivity index (χ2v) is 8.17. The molecule has 164 valence electrons. The van der Waals surface area contributed by atoms with Crippen molar-refractivity contribution >= 4 is 23.2 Å². The first kappa shape index (κ1) is 21.6. The molecule has 1 heterocycles. The van der Waals surface area contributed by atoms with Crippen LogP contribution < -0.4 is 15.5 Å². The first-order chi connectivity index (χ1) is 15.7. The number of nitrogens with one attached hydrogen (secondary N) is 2. The van der Waals surface area contributed by atoms with Gasteiger partial charge in [0.15, 0.2) is 0 Å². The fourth-order valence-corrected chi connectivity index (χ4v) is 4.03. The van der Waals surface area contributed by atoms with Gasteiger partial charge in [-0.1, -0.05) is 48.5 Å². The molecule has 1 saturated heterocycles. The molecule has 32 heavy (non-hydrogen) atoms. The number of amides is 2. The second kappa shape index (κ2) is 10.6. The van der Waals surface area contributed by atoms with E-state index in [9.17, 15) is 9.59 Å². The van der Waals surface area contributed by atoms with E-state index < -0.39 is 6.04 Å². The fourth-order valence-electron chi connectivity index (χ4n) is 4.03. The van der Waals surface area contributed by atoms with Crippen molar-refractivity contribution in [2.75, 3.05) is 23.3 Å². The van der Waals surface area contributed by atoms with Gasteiger partial charge in [0.1, 0.15) is 6.04 Å². The van der Waals surface area contributed by atoms with E-state index in [2.05, 4.69) is 27.7 Å². The van der Waals surface area contributed by atoms with Crippen molar-refractivity contribution in [2.24, 2.45) is 0 Å². The maximum atomic E-state index is 13.1. The summed E-state index contributed by atoms with van der Waals surface area (Å²) in [7, 11) is 0. The second-order valence-electron chi connectivity index (χ2n) is 8.17. The normalized spacial score (nSPS) is 14.4. The number of nitrogens with zero attached hydrogens (tertiary/aromatic N) is 1. The molecule has 0 spiro atoms. The fraction of sp³-hybridized carbons (Fsp3) is 0.259. The highest BCUT2D eigenvalue weighted by Crippen LogP contribution is 2.22. The molecule has 0 aromatic heterocycles.